The molecule has 0 aliphatic carbocycles. The van der Waals surface area contributed by atoms with Gasteiger partial charge in [-0.25, -0.2) is 0 Å². The number of hydrogen-bond acceptors (Lipinski definition) is 3. The van der Waals surface area contributed by atoms with E-state index in [1.807, 2.05) is 36.2 Å². The standard InChI is InChI=1S/C15H16ClNO2/c1-17(13-4-6-14(19-2)7-5-13)10-11-9-12(16)3-8-15(11)18/h3-9,18H,10H2,1-2H3. The first-order valence-electron chi connectivity index (χ1n) is 5.92. The molecule has 0 aliphatic heterocycles. The van der Waals surface area contributed by atoms with E-state index in [0.717, 1.165) is 17.0 Å². The number of hydrogen-bond donors (Lipinski definition) is 1. The Morgan fingerprint density at radius 3 is 2.47 bits per heavy atom. The molecule has 0 atom stereocenters. The summed E-state index contributed by atoms with van der Waals surface area (Å²) in [5.74, 6) is 1.08. The lowest BCUT2D eigenvalue weighted by Crippen LogP contribution is -2.16. The van der Waals surface area contributed by atoms with E-state index in [1.165, 1.54) is 0 Å². The molecule has 2 rings (SSSR count). The molecule has 0 aromatic heterocycles. The maximum Gasteiger partial charge on any atom is 0.120 e. The van der Waals surface area contributed by atoms with Crippen LogP contribution in [0.5, 0.6) is 11.5 Å². The number of halogens is 1. The number of benzene rings is 2. The summed E-state index contributed by atoms with van der Waals surface area (Å²) in [6, 6.07) is 12.8. The van der Waals surface area contributed by atoms with Gasteiger partial charge in [0.1, 0.15) is 11.5 Å². The summed E-state index contributed by atoms with van der Waals surface area (Å²) in [4.78, 5) is 2.03. The second kappa shape index (κ2) is 5.85. The zero-order chi connectivity index (χ0) is 13.8. The minimum atomic E-state index is 0.254. The highest BCUT2D eigenvalue weighted by Crippen LogP contribution is 2.25. The second-order valence-corrected chi connectivity index (χ2v) is 4.76. The molecule has 0 radical (unpaired) electrons. The van der Waals surface area contributed by atoms with Gasteiger partial charge in [-0.05, 0) is 42.5 Å². The number of phenols is 1. The summed E-state index contributed by atoms with van der Waals surface area (Å²) < 4.78 is 5.13. The van der Waals surface area contributed by atoms with Crippen molar-refractivity contribution in [3.63, 3.8) is 0 Å². The maximum absolute atomic E-state index is 9.81. The Balaban J connectivity index is 2.15. The average molecular weight is 278 g/mol. The van der Waals surface area contributed by atoms with Crippen molar-refractivity contribution in [3.05, 3.63) is 53.1 Å². The van der Waals surface area contributed by atoms with E-state index < -0.39 is 0 Å². The largest absolute Gasteiger partial charge is 0.508 e. The highest BCUT2D eigenvalue weighted by atomic mass is 35.5. The summed E-state index contributed by atoms with van der Waals surface area (Å²) in [6.45, 7) is 0.582. The van der Waals surface area contributed by atoms with Gasteiger partial charge < -0.3 is 14.7 Å². The highest BCUT2D eigenvalue weighted by molar-refractivity contribution is 6.30. The first kappa shape index (κ1) is 13.6. The molecule has 0 aliphatic rings. The number of anilines is 1. The third kappa shape index (κ3) is 3.32. The monoisotopic (exact) mass is 277 g/mol. The number of aromatic hydroxyl groups is 1. The molecule has 2 aromatic rings. The zero-order valence-electron chi connectivity index (χ0n) is 10.9. The van der Waals surface area contributed by atoms with Crippen LogP contribution in [0.2, 0.25) is 5.02 Å². The summed E-state index contributed by atoms with van der Waals surface area (Å²) >= 11 is 5.94. The fourth-order valence-electron chi connectivity index (χ4n) is 1.86. The van der Waals surface area contributed by atoms with Crippen LogP contribution in [-0.4, -0.2) is 19.3 Å². The normalized spacial score (nSPS) is 10.3. The van der Waals surface area contributed by atoms with E-state index in [4.69, 9.17) is 16.3 Å². The SMILES string of the molecule is COc1ccc(N(C)Cc2cc(Cl)ccc2O)cc1. The number of phenolic OH excluding ortho intramolecular Hbond substituents is 1. The van der Waals surface area contributed by atoms with Crippen LogP contribution < -0.4 is 9.64 Å². The fourth-order valence-corrected chi connectivity index (χ4v) is 2.06. The van der Waals surface area contributed by atoms with Gasteiger partial charge in [0.2, 0.25) is 0 Å². The average Bonchev–Trinajstić information content (AvgIpc) is 2.43. The number of nitrogens with zero attached hydrogens (tertiary/aromatic N) is 1. The molecule has 3 nitrogen and oxygen atoms in total. The van der Waals surface area contributed by atoms with Crippen molar-refractivity contribution < 1.29 is 9.84 Å². The Kier molecular flexibility index (Phi) is 4.17. The van der Waals surface area contributed by atoms with Gasteiger partial charge in [-0.2, -0.15) is 0 Å². The maximum atomic E-state index is 9.81. The zero-order valence-corrected chi connectivity index (χ0v) is 11.7. The third-order valence-electron chi connectivity index (χ3n) is 2.96. The van der Waals surface area contributed by atoms with E-state index in [-0.39, 0.29) is 5.75 Å². The topological polar surface area (TPSA) is 32.7 Å². The molecule has 0 heterocycles. The number of methoxy groups -OCH3 is 1. The van der Waals surface area contributed by atoms with E-state index in [2.05, 4.69) is 0 Å². The van der Waals surface area contributed by atoms with Crippen molar-refractivity contribution >= 4 is 17.3 Å². The Morgan fingerprint density at radius 2 is 1.84 bits per heavy atom. The summed E-state index contributed by atoms with van der Waals surface area (Å²) in [6.07, 6.45) is 0. The van der Waals surface area contributed by atoms with Crippen molar-refractivity contribution in [3.8, 4) is 11.5 Å². The molecule has 0 unspecified atom stereocenters. The number of rotatable bonds is 4. The van der Waals surface area contributed by atoms with E-state index in [9.17, 15) is 5.11 Å². The summed E-state index contributed by atoms with van der Waals surface area (Å²) in [5, 5.41) is 10.4. The fraction of sp³-hybridized carbons (Fsp3) is 0.200. The molecule has 0 saturated heterocycles. The van der Waals surface area contributed by atoms with Crippen LogP contribution in [0.1, 0.15) is 5.56 Å². The van der Waals surface area contributed by atoms with Gasteiger partial charge in [0.15, 0.2) is 0 Å². The van der Waals surface area contributed by atoms with Crippen LogP contribution in [-0.2, 0) is 6.54 Å². The number of ether oxygens (including phenoxy) is 1. The van der Waals surface area contributed by atoms with E-state index >= 15 is 0 Å². The molecule has 2 aromatic carbocycles. The smallest absolute Gasteiger partial charge is 0.120 e. The minimum absolute atomic E-state index is 0.254. The van der Waals surface area contributed by atoms with Gasteiger partial charge in [0, 0.05) is 29.9 Å². The van der Waals surface area contributed by atoms with Crippen LogP contribution in [0.15, 0.2) is 42.5 Å². The van der Waals surface area contributed by atoms with E-state index in [1.54, 1.807) is 25.3 Å². The Labute approximate surface area is 118 Å². The summed E-state index contributed by atoms with van der Waals surface area (Å²) in [7, 11) is 3.60. The van der Waals surface area contributed by atoms with Gasteiger partial charge in [-0.1, -0.05) is 11.6 Å². The van der Waals surface area contributed by atoms with Gasteiger partial charge >= 0.3 is 0 Å². The van der Waals surface area contributed by atoms with Crippen LogP contribution in [0.25, 0.3) is 0 Å². The molecule has 19 heavy (non-hydrogen) atoms. The van der Waals surface area contributed by atoms with Crippen LogP contribution in [0.3, 0.4) is 0 Å². The lowest BCUT2D eigenvalue weighted by molar-refractivity contribution is 0.415. The van der Waals surface area contributed by atoms with Crippen molar-refractivity contribution in [1.82, 2.24) is 0 Å². The predicted octanol–water partition coefficient (Wildman–Crippen LogP) is 3.69. The quantitative estimate of drug-likeness (QED) is 0.925. The summed E-state index contributed by atoms with van der Waals surface area (Å²) in [5.41, 5.74) is 1.84. The Hall–Kier alpha value is -1.87. The Bertz CT molecular complexity index is 555. The first-order chi connectivity index (χ1) is 9.10. The minimum Gasteiger partial charge on any atom is -0.508 e. The highest BCUT2D eigenvalue weighted by Gasteiger charge is 2.07. The lowest BCUT2D eigenvalue weighted by atomic mass is 10.2. The lowest BCUT2D eigenvalue weighted by Gasteiger charge is -2.20. The second-order valence-electron chi connectivity index (χ2n) is 4.33. The van der Waals surface area contributed by atoms with Crippen LogP contribution >= 0.6 is 11.6 Å². The van der Waals surface area contributed by atoms with E-state index in [0.29, 0.717) is 11.6 Å². The molecular formula is C15H16ClNO2. The molecule has 0 fully saturated rings. The van der Waals surface area contributed by atoms with Gasteiger partial charge in [0.25, 0.3) is 0 Å². The first-order valence-corrected chi connectivity index (χ1v) is 6.30. The molecule has 4 heteroatoms. The van der Waals surface area contributed by atoms with Crippen molar-refractivity contribution in [2.75, 3.05) is 19.1 Å². The molecule has 0 bridgehead atoms. The predicted molar refractivity (Wildman–Crippen MR) is 78.2 cm³/mol. The third-order valence-corrected chi connectivity index (χ3v) is 3.20. The van der Waals surface area contributed by atoms with Gasteiger partial charge in [0.05, 0.1) is 7.11 Å². The van der Waals surface area contributed by atoms with Crippen molar-refractivity contribution in [1.29, 1.82) is 0 Å². The molecule has 100 valence electrons. The van der Waals surface area contributed by atoms with Crippen LogP contribution in [0.4, 0.5) is 5.69 Å². The molecule has 1 N–H and O–H groups in total. The van der Waals surface area contributed by atoms with Gasteiger partial charge in [-0.15, -0.1) is 0 Å². The molecule has 0 spiro atoms. The molecule has 0 saturated carbocycles. The molecule has 0 amide bonds. The van der Waals surface area contributed by atoms with Crippen molar-refractivity contribution in [2.24, 2.45) is 0 Å². The van der Waals surface area contributed by atoms with Crippen molar-refractivity contribution in [2.45, 2.75) is 6.54 Å². The van der Waals surface area contributed by atoms with Gasteiger partial charge in [-0.3, -0.25) is 0 Å². The van der Waals surface area contributed by atoms with Crippen LogP contribution in [0, 0.1) is 0 Å². The molecular weight excluding hydrogens is 262 g/mol. The Morgan fingerprint density at radius 1 is 1.16 bits per heavy atom.